The van der Waals surface area contributed by atoms with Gasteiger partial charge >= 0.3 is 0 Å². The Labute approximate surface area is 101 Å². The van der Waals surface area contributed by atoms with Gasteiger partial charge in [-0.2, -0.15) is 0 Å². The lowest BCUT2D eigenvalue weighted by atomic mass is 10.2. The maximum atomic E-state index is 11.9. The van der Waals surface area contributed by atoms with Crippen molar-refractivity contribution in [2.75, 3.05) is 13.1 Å². The molecule has 17 heavy (non-hydrogen) atoms. The number of rotatable bonds is 2. The number of aryl methyl sites for hydroxylation is 1. The van der Waals surface area contributed by atoms with E-state index in [9.17, 15) is 4.79 Å². The highest BCUT2D eigenvalue weighted by molar-refractivity contribution is 5.80. The first-order valence-electron chi connectivity index (χ1n) is 5.86. The summed E-state index contributed by atoms with van der Waals surface area (Å²) in [7, 11) is 1.79. The topological polar surface area (TPSA) is 58.4 Å². The van der Waals surface area contributed by atoms with Crippen LogP contribution in [0.3, 0.4) is 0 Å². The molecule has 1 aliphatic heterocycles. The number of aliphatic imine (C=N–C) groups is 1. The van der Waals surface area contributed by atoms with Gasteiger partial charge in [0, 0.05) is 37.9 Å². The molecule has 0 spiro atoms. The monoisotopic (exact) mass is 234 g/mol. The van der Waals surface area contributed by atoms with Crippen LogP contribution in [0, 0.1) is 6.92 Å². The highest BCUT2D eigenvalue weighted by Gasteiger charge is 2.06. The van der Waals surface area contributed by atoms with Gasteiger partial charge in [0.1, 0.15) is 0 Å². The summed E-state index contributed by atoms with van der Waals surface area (Å²) < 4.78 is 1.66. The van der Waals surface area contributed by atoms with E-state index >= 15 is 0 Å². The zero-order valence-corrected chi connectivity index (χ0v) is 10.3. The lowest BCUT2D eigenvalue weighted by Gasteiger charge is -2.16. The molecular formula is C12H18N4O. The van der Waals surface area contributed by atoms with Crippen molar-refractivity contribution in [1.29, 1.82) is 0 Å². The maximum absolute atomic E-state index is 11.9. The standard InChI is InChI=1S/C12H18N4O/c1-9-4-5-10(11(17)16(9)2)8-15-12-13-6-3-7-14-12/h4-5H,3,6-8H2,1-2H3,(H2,13,14,15). The molecule has 2 heterocycles. The Morgan fingerprint density at radius 2 is 2.35 bits per heavy atom. The van der Waals surface area contributed by atoms with Crippen molar-refractivity contribution in [2.24, 2.45) is 12.0 Å². The molecule has 2 rings (SSSR count). The van der Waals surface area contributed by atoms with Gasteiger partial charge in [-0.1, -0.05) is 6.07 Å². The van der Waals surface area contributed by atoms with Crippen LogP contribution < -0.4 is 16.2 Å². The van der Waals surface area contributed by atoms with Crippen LogP contribution in [0.4, 0.5) is 0 Å². The Morgan fingerprint density at radius 1 is 1.53 bits per heavy atom. The van der Waals surface area contributed by atoms with E-state index in [1.54, 1.807) is 11.6 Å². The minimum atomic E-state index is 0.0499. The number of hydrogen-bond acceptors (Lipinski definition) is 4. The summed E-state index contributed by atoms with van der Waals surface area (Å²) in [5.74, 6) is 0.791. The Morgan fingerprint density at radius 3 is 3.06 bits per heavy atom. The molecule has 2 N–H and O–H groups in total. The molecule has 0 aromatic carbocycles. The number of aromatic nitrogens is 1. The lowest BCUT2D eigenvalue weighted by Crippen LogP contribution is -2.41. The predicted molar refractivity (Wildman–Crippen MR) is 68.2 cm³/mol. The smallest absolute Gasteiger partial charge is 0.255 e. The molecule has 0 fully saturated rings. The van der Waals surface area contributed by atoms with Gasteiger partial charge in [-0.15, -0.1) is 0 Å². The predicted octanol–water partition coefficient (Wildman–Crippen LogP) is 0.133. The average Bonchev–Trinajstić information content (AvgIpc) is 2.36. The minimum absolute atomic E-state index is 0.0499. The van der Waals surface area contributed by atoms with Crippen molar-refractivity contribution in [1.82, 2.24) is 15.2 Å². The second kappa shape index (κ2) is 5.03. The molecule has 5 heteroatoms. The van der Waals surface area contributed by atoms with E-state index < -0.39 is 0 Å². The fourth-order valence-electron chi connectivity index (χ4n) is 1.74. The molecule has 92 valence electrons. The van der Waals surface area contributed by atoms with E-state index in [2.05, 4.69) is 15.6 Å². The third-order valence-electron chi connectivity index (χ3n) is 2.98. The SMILES string of the molecule is Cc1ccc(CNC2=NCCCN2)c(=O)n1C. The van der Waals surface area contributed by atoms with Gasteiger partial charge in [-0.3, -0.25) is 9.79 Å². The van der Waals surface area contributed by atoms with Crippen molar-refractivity contribution in [3.8, 4) is 0 Å². The van der Waals surface area contributed by atoms with Gasteiger partial charge in [0.05, 0.1) is 0 Å². The van der Waals surface area contributed by atoms with Crippen LogP contribution in [0.25, 0.3) is 0 Å². The molecule has 0 bridgehead atoms. The quantitative estimate of drug-likeness (QED) is 0.765. The summed E-state index contributed by atoms with van der Waals surface area (Å²) in [6, 6.07) is 3.82. The highest BCUT2D eigenvalue weighted by atomic mass is 16.1. The third-order valence-corrected chi connectivity index (χ3v) is 2.98. The summed E-state index contributed by atoms with van der Waals surface area (Å²) in [5.41, 5.74) is 1.77. The first kappa shape index (κ1) is 11.7. The van der Waals surface area contributed by atoms with Crippen LogP contribution in [0.2, 0.25) is 0 Å². The molecule has 0 unspecified atom stereocenters. The van der Waals surface area contributed by atoms with E-state index in [0.717, 1.165) is 36.7 Å². The van der Waals surface area contributed by atoms with Crippen LogP contribution in [-0.4, -0.2) is 23.6 Å². The molecule has 1 aromatic heterocycles. The van der Waals surface area contributed by atoms with E-state index in [4.69, 9.17) is 0 Å². The zero-order chi connectivity index (χ0) is 12.3. The second-order valence-corrected chi connectivity index (χ2v) is 4.23. The Hall–Kier alpha value is -1.78. The van der Waals surface area contributed by atoms with Gasteiger partial charge in [0.25, 0.3) is 5.56 Å². The van der Waals surface area contributed by atoms with Crippen molar-refractivity contribution in [3.63, 3.8) is 0 Å². The lowest BCUT2D eigenvalue weighted by molar-refractivity contribution is 0.696. The van der Waals surface area contributed by atoms with E-state index in [0.29, 0.717) is 6.54 Å². The van der Waals surface area contributed by atoms with E-state index in [-0.39, 0.29) is 5.56 Å². The molecule has 1 aliphatic rings. The maximum Gasteiger partial charge on any atom is 0.255 e. The first-order chi connectivity index (χ1) is 8.18. The largest absolute Gasteiger partial charge is 0.356 e. The van der Waals surface area contributed by atoms with Crippen molar-refractivity contribution in [2.45, 2.75) is 19.9 Å². The van der Waals surface area contributed by atoms with Gasteiger partial charge < -0.3 is 15.2 Å². The van der Waals surface area contributed by atoms with Crippen LogP contribution in [0.15, 0.2) is 21.9 Å². The Balaban J connectivity index is 2.07. The van der Waals surface area contributed by atoms with E-state index in [1.807, 2.05) is 19.1 Å². The van der Waals surface area contributed by atoms with Crippen LogP contribution in [0.1, 0.15) is 17.7 Å². The van der Waals surface area contributed by atoms with Gasteiger partial charge in [0.2, 0.25) is 0 Å². The third kappa shape index (κ3) is 2.67. The minimum Gasteiger partial charge on any atom is -0.356 e. The highest BCUT2D eigenvalue weighted by Crippen LogP contribution is 1.96. The molecule has 1 aromatic rings. The molecule has 0 saturated carbocycles. The zero-order valence-electron chi connectivity index (χ0n) is 10.3. The van der Waals surface area contributed by atoms with Gasteiger partial charge in [0.15, 0.2) is 5.96 Å². The number of hydrogen-bond donors (Lipinski definition) is 2. The second-order valence-electron chi connectivity index (χ2n) is 4.23. The Kier molecular flexibility index (Phi) is 3.46. The molecule has 0 aliphatic carbocycles. The van der Waals surface area contributed by atoms with Crippen molar-refractivity contribution >= 4 is 5.96 Å². The first-order valence-corrected chi connectivity index (χ1v) is 5.86. The molecule has 0 radical (unpaired) electrons. The number of pyridine rings is 1. The van der Waals surface area contributed by atoms with E-state index in [1.165, 1.54) is 0 Å². The Bertz CT molecular complexity index is 490. The number of guanidine groups is 1. The number of nitrogens with zero attached hydrogens (tertiary/aromatic N) is 2. The summed E-state index contributed by atoms with van der Waals surface area (Å²) in [6.07, 6.45) is 1.07. The van der Waals surface area contributed by atoms with Gasteiger partial charge in [-0.05, 0) is 19.4 Å². The van der Waals surface area contributed by atoms with Gasteiger partial charge in [-0.25, -0.2) is 0 Å². The average molecular weight is 234 g/mol. The van der Waals surface area contributed by atoms with Crippen LogP contribution in [0.5, 0.6) is 0 Å². The summed E-state index contributed by atoms with van der Waals surface area (Å²) in [4.78, 5) is 16.2. The number of nitrogens with one attached hydrogen (secondary N) is 2. The normalized spacial score (nSPS) is 15.1. The fraction of sp³-hybridized carbons (Fsp3) is 0.500. The van der Waals surface area contributed by atoms with Crippen molar-refractivity contribution < 1.29 is 0 Å². The molecule has 0 saturated heterocycles. The summed E-state index contributed by atoms with van der Waals surface area (Å²) >= 11 is 0. The summed E-state index contributed by atoms with van der Waals surface area (Å²) in [5, 5.41) is 6.32. The molecule has 0 amide bonds. The van der Waals surface area contributed by atoms with Crippen LogP contribution >= 0.6 is 0 Å². The molecule has 5 nitrogen and oxygen atoms in total. The molecule has 0 atom stereocenters. The summed E-state index contributed by atoms with van der Waals surface area (Å²) in [6.45, 7) is 4.23. The van der Waals surface area contributed by atoms with Crippen molar-refractivity contribution in [3.05, 3.63) is 33.7 Å². The van der Waals surface area contributed by atoms with Crippen LogP contribution in [-0.2, 0) is 13.6 Å². The fourth-order valence-corrected chi connectivity index (χ4v) is 1.74. The molecular weight excluding hydrogens is 216 g/mol.